The Hall–Kier alpha value is -1.27. The topological polar surface area (TPSA) is 92.4 Å². The summed E-state index contributed by atoms with van der Waals surface area (Å²) >= 11 is 0. The van der Waals surface area contributed by atoms with E-state index in [1.807, 2.05) is 0 Å². The molecule has 0 saturated heterocycles. The number of benzene rings is 1. The molecule has 0 fully saturated rings. The van der Waals surface area contributed by atoms with Gasteiger partial charge in [0, 0.05) is 12.3 Å². The number of rotatable bonds is 4. The highest BCUT2D eigenvalue weighted by Crippen LogP contribution is 2.26. The van der Waals surface area contributed by atoms with E-state index < -0.39 is 9.84 Å². The minimum absolute atomic E-state index is 0.0530. The number of aliphatic hydroxyl groups excluding tert-OH is 1. The van der Waals surface area contributed by atoms with Crippen molar-refractivity contribution in [3.05, 3.63) is 18.2 Å². The first-order valence-corrected chi connectivity index (χ1v) is 6.71. The minimum Gasteiger partial charge on any atom is -0.396 e. The molecule has 0 aromatic heterocycles. The largest absolute Gasteiger partial charge is 0.396 e. The lowest BCUT2D eigenvalue weighted by molar-refractivity contribution is 0.281. The van der Waals surface area contributed by atoms with Crippen LogP contribution >= 0.6 is 0 Å². The molecule has 0 aliphatic carbocycles. The standard InChI is InChI=1S/C10H16N2O3S/c1-7(6-13)12-8-4-3-5-9(10(8)11)16(2,14)15/h3-5,7,12-13H,6,11H2,1-2H3. The van der Waals surface area contributed by atoms with Gasteiger partial charge in [0.05, 0.1) is 22.9 Å². The summed E-state index contributed by atoms with van der Waals surface area (Å²) in [5.41, 5.74) is 6.45. The Kier molecular flexibility index (Phi) is 3.77. The summed E-state index contributed by atoms with van der Waals surface area (Å²) in [5, 5.41) is 11.8. The number of nitrogen functional groups attached to an aromatic ring is 1. The van der Waals surface area contributed by atoms with Gasteiger partial charge in [-0.1, -0.05) is 6.07 Å². The molecular weight excluding hydrogens is 228 g/mol. The van der Waals surface area contributed by atoms with E-state index in [1.54, 1.807) is 19.1 Å². The maximum Gasteiger partial charge on any atom is 0.177 e. The monoisotopic (exact) mass is 244 g/mol. The molecule has 1 rings (SSSR count). The average Bonchev–Trinajstić information content (AvgIpc) is 2.19. The lowest BCUT2D eigenvalue weighted by Gasteiger charge is -2.15. The predicted octanol–water partition coefficient (Wildman–Crippen LogP) is 0.465. The van der Waals surface area contributed by atoms with E-state index in [1.165, 1.54) is 6.07 Å². The van der Waals surface area contributed by atoms with Gasteiger partial charge in [-0.05, 0) is 19.1 Å². The fourth-order valence-corrected chi connectivity index (χ4v) is 2.14. The van der Waals surface area contributed by atoms with Crippen molar-refractivity contribution in [3.8, 4) is 0 Å². The van der Waals surface area contributed by atoms with Gasteiger partial charge in [-0.2, -0.15) is 0 Å². The van der Waals surface area contributed by atoms with Gasteiger partial charge in [-0.25, -0.2) is 8.42 Å². The van der Waals surface area contributed by atoms with E-state index >= 15 is 0 Å². The number of hydrogen-bond acceptors (Lipinski definition) is 5. The third-order valence-corrected chi connectivity index (χ3v) is 3.30. The van der Waals surface area contributed by atoms with Crippen molar-refractivity contribution in [3.63, 3.8) is 0 Å². The van der Waals surface area contributed by atoms with E-state index in [9.17, 15) is 8.42 Å². The second-order valence-corrected chi connectivity index (χ2v) is 5.70. The van der Waals surface area contributed by atoms with Crippen molar-refractivity contribution >= 4 is 21.2 Å². The van der Waals surface area contributed by atoms with Gasteiger partial charge in [0.15, 0.2) is 9.84 Å². The van der Waals surface area contributed by atoms with Crippen molar-refractivity contribution in [1.82, 2.24) is 0 Å². The smallest absolute Gasteiger partial charge is 0.177 e. The summed E-state index contributed by atoms with van der Waals surface area (Å²) in [6.45, 7) is 1.72. The number of sulfone groups is 1. The number of para-hydroxylation sites is 1. The van der Waals surface area contributed by atoms with Crippen molar-refractivity contribution in [2.24, 2.45) is 0 Å². The zero-order valence-corrected chi connectivity index (χ0v) is 10.1. The molecule has 6 heteroatoms. The number of nitrogens with one attached hydrogen (secondary N) is 1. The first-order chi connectivity index (χ1) is 7.36. The molecule has 90 valence electrons. The van der Waals surface area contributed by atoms with E-state index in [0.29, 0.717) is 5.69 Å². The van der Waals surface area contributed by atoms with E-state index in [4.69, 9.17) is 10.8 Å². The molecule has 4 N–H and O–H groups in total. The molecule has 1 atom stereocenters. The van der Waals surface area contributed by atoms with Gasteiger partial charge in [0.2, 0.25) is 0 Å². The van der Waals surface area contributed by atoms with Gasteiger partial charge >= 0.3 is 0 Å². The van der Waals surface area contributed by atoms with Gasteiger partial charge in [0.1, 0.15) is 0 Å². The highest BCUT2D eigenvalue weighted by molar-refractivity contribution is 7.90. The van der Waals surface area contributed by atoms with Crippen LogP contribution in [-0.2, 0) is 9.84 Å². The van der Waals surface area contributed by atoms with Crippen molar-refractivity contribution < 1.29 is 13.5 Å². The van der Waals surface area contributed by atoms with Gasteiger partial charge < -0.3 is 16.2 Å². The fourth-order valence-electron chi connectivity index (χ4n) is 1.30. The third-order valence-electron chi connectivity index (χ3n) is 2.14. The average molecular weight is 244 g/mol. The molecule has 0 radical (unpaired) electrons. The quantitative estimate of drug-likeness (QED) is 0.669. The van der Waals surface area contributed by atoms with Crippen molar-refractivity contribution in [2.75, 3.05) is 23.9 Å². The Bertz CT molecular complexity index is 471. The van der Waals surface area contributed by atoms with Crippen LogP contribution in [0, 0.1) is 0 Å². The second-order valence-electron chi connectivity index (χ2n) is 3.72. The normalized spacial score (nSPS) is 13.4. The van der Waals surface area contributed by atoms with Crippen LogP contribution in [0.15, 0.2) is 23.1 Å². The molecule has 1 aromatic carbocycles. The van der Waals surface area contributed by atoms with Gasteiger partial charge in [-0.3, -0.25) is 0 Å². The number of hydrogen-bond donors (Lipinski definition) is 3. The SMILES string of the molecule is CC(CO)Nc1cccc(S(C)(=O)=O)c1N. The number of nitrogens with two attached hydrogens (primary N) is 1. The second kappa shape index (κ2) is 4.71. The Labute approximate surface area is 95.2 Å². The molecule has 16 heavy (non-hydrogen) atoms. The summed E-state index contributed by atoms with van der Waals surface area (Å²) in [6, 6.07) is 4.56. The van der Waals surface area contributed by atoms with Gasteiger partial charge in [-0.15, -0.1) is 0 Å². The predicted molar refractivity (Wildman–Crippen MR) is 64.1 cm³/mol. The van der Waals surface area contributed by atoms with Crippen LogP contribution in [0.5, 0.6) is 0 Å². The lowest BCUT2D eigenvalue weighted by atomic mass is 10.2. The highest BCUT2D eigenvalue weighted by Gasteiger charge is 2.14. The molecule has 0 aliphatic heterocycles. The summed E-state index contributed by atoms with van der Waals surface area (Å²) in [4.78, 5) is 0.0997. The van der Waals surface area contributed by atoms with E-state index in [-0.39, 0.29) is 23.2 Å². The van der Waals surface area contributed by atoms with Crippen LogP contribution < -0.4 is 11.1 Å². The lowest BCUT2D eigenvalue weighted by Crippen LogP contribution is -2.20. The molecule has 5 nitrogen and oxygen atoms in total. The molecule has 0 heterocycles. The zero-order chi connectivity index (χ0) is 12.3. The molecule has 1 aromatic rings. The maximum absolute atomic E-state index is 11.4. The highest BCUT2D eigenvalue weighted by atomic mass is 32.2. The summed E-state index contributed by atoms with van der Waals surface area (Å²) in [7, 11) is -3.33. The Morgan fingerprint density at radius 3 is 2.62 bits per heavy atom. The fraction of sp³-hybridized carbons (Fsp3) is 0.400. The van der Waals surface area contributed by atoms with Crippen LogP contribution in [0.2, 0.25) is 0 Å². The van der Waals surface area contributed by atoms with Gasteiger partial charge in [0.25, 0.3) is 0 Å². The Morgan fingerprint density at radius 1 is 1.50 bits per heavy atom. The van der Waals surface area contributed by atoms with Crippen LogP contribution in [0.4, 0.5) is 11.4 Å². The van der Waals surface area contributed by atoms with Crippen molar-refractivity contribution in [2.45, 2.75) is 17.9 Å². The van der Waals surface area contributed by atoms with E-state index in [0.717, 1.165) is 6.26 Å². The summed E-state index contributed by atoms with van der Waals surface area (Å²) < 4.78 is 22.8. The summed E-state index contributed by atoms with van der Waals surface area (Å²) in [5.74, 6) is 0. The van der Waals surface area contributed by atoms with E-state index in [2.05, 4.69) is 5.32 Å². The van der Waals surface area contributed by atoms with Crippen LogP contribution in [0.25, 0.3) is 0 Å². The number of anilines is 2. The molecule has 0 bridgehead atoms. The first kappa shape index (κ1) is 12.8. The Balaban J connectivity index is 3.15. The molecular formula is C10H16N2O3S. The molecule has 0 saturated carbocycles. The first-order valence-electron chi connectivity index (χ1n) is 4.82. The molecule has 1 unspecified atom stereocenters. The van der Waals surface area contributed by atoms with Crippen LogP contribution in [0.1, 0.15) is 6.92 Å². The zero-order valence-electron chi connectivity index (χ0n) is 9.27. The van der Waals surface area contributed by atoms with Crippen LogP contribution in [0.3, 0.4) is 0 Å². The summed E-state index contributed by atoms with van der Waals surface area (Å²) in [6.07, 6.45) is 1.11. The molecule has 0 aliphatic rings. The third kappa shape index (κ3) is 2.86. The maximum atomic E-state index is 11.4. The number of aliphatic hydroxyl groups is 1. The van der Waals surface area contributed by atoms with Crippen molar-refractivity contribution in [1.29, 1.82) is 0 Å². The minimum atomic E-state index is -3.33. The molecule has 0 spiro atoms. The van der Waals surface area contributed by atoms with Crippen LogP contribution in [-0.4, -0.2) is 32.4 Å². The molecule has 0 amide bonds. The Morgan fingerprint density at radius 2 is 2.12 bits per heavy atom.